The van der Waals surface area contributed by atoms with Gasteiger partial charge in [-0.1, -0.05) is 12.1 Å². The minimum Gasteiger partial charge on any atom is -0.508 e. The minimum absolute atomic E-state index is 0.00207. The number of guanidine groups is 1. The topological polar surface area (TPSA) is 313 Å². The molecule has 1 aromatic heterocycles. The van der Waals surface area contributed by atoms with Crippen LogP contribution in [0.15, 0.2) is 41.8 Å². The lowest BCUT2D eigenvalue weighted by Gasteiger charge is -2.25. The van der Waals surface area contributed by atoms with E-state index in [0.717, 1.165) is 0 Å². The van der Waals surface area contributed by atoms with Crippen LogP contribution in [0.3, 0.4) is 0 Å². The first kappa shape index (κ1) is 36.0. The number of nitrogens with one attached hydrogen (secondary N) is 5. The quantitative estimate of drug-likeness (QED) is 0.0430. The summed E-state index contributed by atoms with van der Waals surface area (Å²) in [5.74, 6) is -4.71. The number of amides is 4. The number of carboxylic acid groups (broad SMARTS) is 1. The molecule has 45 heavy (non-hydrogen) atoms. The molecule has 0 radical (unpaired) electrons. The fraction of sp³-hybridized carbons (Fsp3) is 0.444. The van der Waals surface area contributed by atoms with Gasteiger partial charge in [0.25, 0.3) is 0 Å². The number of aromatic hydroxyl groups is 1. The second-order valence-corrected chi connectivity index (χ2v) is 10.2. The number of hydrogen-bond acceptors (Lipinski definition) is 10. The third-order valence-electron chi connectivity index (χ3n) is 6.45. The summed E-state index contributed by atoms with van der Waals surface area (Å²) < 4.78 is 0. The van der Waals surface area contributed by atoms with E-state index in [9.17, 15) is 39.3 Å². The van der Waals surface area contributed by atoms with Crippen LogP contribution in [0.4, 0.5) is 0 Å². The summed E-state index contributed by atoms with van der Waals surface area (Å²) in [7, 11) is 0. The predicted molar refractivity (Wildman–Crippen MR) is 160 cm³/mol. The van der Waals surface area contributed by atoms with Crippen LogP contribution in [-0.4, -0.2) is 104 Å². The highest BCUT2D eigenvalue weighted by Crippen LogP contribution is 2.12. The van der Waals surface area contributed by atoms with Gasteiger partial charge in [0, 0.05) is 31.3 Å². The van der Waals surface area contributed by atoms with Gasteiger partial charge in [-0.2, -0.15) is 0 Å². The van der Waals surface area contributed by atoms with E-state index >= 15 is 0 Å². The number of phenolic OH excluding ortho intramolecular Hbond substituents is 1. The molecule has 1 aromatic carbocycles. The average Bonchev–Trinajstić information content (AvgIpc) is 3.50. The number of hydrogen-bond donors (Lipinski definition) is 11. The fourth-order valence-corrected chi connectivity index (χ4v) is 3.96. The molecule has 4 amide bonds. The fourth-order valence-electron chi connectivity index (χ4n) is 3.96. The van der Waals surface area contributed by atoms with Crippen LogP contribution in [0, 0.1) is 0 Å². The Kier molecular flexibility index (Phi) is 14.2. The molecule has 0 fully saturated rings. The van der Waals surface area contributed by atoms with Gasteiger partial charge in [-0.05, 0) is 37.5 Å². The van der Waals surface area contributed by atoms with Gasteiger partial charge in [0.05, 0.1) is 19.0 Å². The summed E-state index contributed by atoms with van der Waals surface area (Å²) in [6.45, 7) is 0.845. The first-order valence-corrected chi connectivity index (χ1v) is 13.9. The van der Waals surface area contributed by atoms with E-state index in [2.05, 4.69) is 36.2 Å². The van der Waals surface area contributed by atoms with Crippen molar-refractivity contribution in [2.75, 3.05) is 13.1 Å². The van der Waals surface area contributed by atoms with Gasteiger partial charge in [0.2, 0.25) is 23.6 Å². The van der Waals surface area contributed by atoms with Crippen LogP contribution in [-0.2, 0) is 36.8 Å². The highest BCUT2D eigenvalue weighted by Gasteiger charge is 2.30. The first-order chi connectivity index (χ1) is 21.3. The second-order valence-electron chi connectivity index (χ2n) is 10.2. The molecule has 18 nitrogen and oxygen atoms in total. The lowest BCUT2D eigenvalue weighted by atomic mass is 10.0. The van der Waals surface area contributed by atoms with Gasteiger partial charge in [0.1, 0.15) is 29.9 Å². The van der Waals surface area contributed by atoms with Gasteiger partial charge in [0.15, 0.2) is 5.96 Å². The number of benzene rings is 1. The molecule has 5 atom stereocenters. The molecular weight excluding hydrogens is 592 g/mol. The number of nitrogens with zero attached hydrogens (tertiary/aromatic N) is 2. The number of carbonyl (C=O) groups excluding carboxylic acids is 4. The lowest BCUT2D eigenvalue weighted by Crippen LogP contribution is -2.57. The Morgan fingerprint density at radius 3 is 2.18 bits per heavy atom. The first-order valence-electron chi connectivity index (χ1n) is 13.9. The van der Waals surface area contributed by atoms with Crippen LogP contribution in [0.2, 0.25) is 0 Å². The number of H-pyrrole nitrogens is 1. The van der Waals surface area contributed by atoms with Crippen molar-refractivity contribution in [3.8, 4) is 5.75 Å². The number of carboxylic acids is 1. The Labute approximate surface area is 258 Å². The SMILES string of the molecule is C[C@@H](O)[C@H](N)C(=O)NCC(=O)N[C@@H](Cc1ccc(O)cc1)C(=O)N[C@@H](CCCN=C(N)N)C(=O)N[C@H](Cc1cnc[nH]1)C(=O)O. The Morgan fingerprint density at radius 2 is 1.60 bits per heavy atom. The zero-order valence-corrected chi connectivity index (χ0v) is 24.6. The van der Waals surface area contributed by atoms with Crippen LogP contribution < -0.4 is 38.5 Å². The van der Waals surface area contributed by atoms with Crippen molar-refractivity contribution in [3.63, 3.8) is 0 Å². The Hall–Kier alpha value is -5.23. The number of nitrogens with two attached hydrogens (primary N) is 3. The highest BCUT2D eigenvalue weighted by molar-refractivity contribution is 5.94. The van der Waals surface area contributed by atoms with E-state index in [1.165, 1.54) is 43.7 Å². The third-order valence-corrected chi connectivity index (χ3v) is 6.45. The average molecular weight is 633 g/mol. The van der Waals surface area contributed by atoms with Gasteiger partial charge in [-0.3, -0.25) is 24.2 Å². The van der Waals surface area contributed by atoms with E-state index < -0.39 is 66.4 Å². The van der Waals surface area contributed by atoms with Crippen molar-refractivity contribution < 1.29 is 39.3 Å². The second kappa shape index (κ2) is 17.8. The molecule has 0 saturated heterocycles. The van der Waals surface area contributed by atoms with Crippen molar-refractivity contribution in [1.29, 1.82) is 0 Å². The highest BCUT2D eigenvalue weighted by atomic mass is 16.4. The molecule has 14 N–H and O–H groups in total. The molecule has 0 aliphatic carbocycles. The van der Waals surface area contributed by atoms with E-state index in [1.807, 2.05) is 0 Å². The molecule has 0 unspecified atom stereocenters. The van der Waals surface area contributed by atoms with Crippen LogP contribution in [0.25, 0.3) is 0 Å². The van der Waals surface area contributed by atoms with E-state index in [-0.39, 0.29) is 43.9 Å². The summed E-state index contributed by atoms with van der Waals surface area (Å²) >= 11 is 0. The number of aromatic amines is 1. The molecule has 2 aromatic rings. The smallest absolute Gasteiger partial charge is 0.326 e. The van der Waals surface area contributed by atoms with Crippen molar-refractivity contribution >= 4 is 35.6 Å². The van der Waals surface area contributed by atoms with Gasteiger partial charge in [-0.15, -0.1) is 0 Å². The number of aliphatic carboxylic acids is 1. The van der Waals surface area contributed by atoms with Gasteiger partial charge < -0.3 is 58.8 Å². The van der Waals surface area contributed by atoms with Gasteiger partial charge >= 0.3 is 5.97 Å². The van der Waals surface area contributed by atoms with E-state index in [4.69, 9.17) is 17.2 Å². The van der Waals surface area contributed by atoms with Crippen LogP contribution >= 0.6 is 0 Å². The molecule has 0 bridgehead atoms. The van der Waals surface area contributed by atoms with Crippen molar-refractivity contribution in [3.05, 3.63) is 48.0 Å². The number of carbonyl (C=O) groups is 5. The molecular formula is C27H40N10O8. The Bertz CT molecular complexity index is 1310. The molecule has 0 aliphatic rings. The normalized spacial score (nSPS) is 14.1. The zero-order chi connectivity index (χ0) is 33.5. The largest absolute Gasteiger partial charge is 0.508 e. The van der Waals surface area contributed by atoms with Crippen molar-refractivity contribution in [1.82, 2.24) is 31.2 Å². The Morgan fingerprint density at radius 1 is 0.956 bits per heavy atom. The maximum atomic E-state index is 13.5. The summed E-state index contributed by atoms with van der Waals surface area (Å²) in [6, 6.07) is 0.630. The molecule has 0 saturated carbocycles. The molecule has 2 rings (SSSR count). The zero-order valence-electron chi connectivity index (χ0n) is 24.6. The summed E-state index contributed by atoms with van der Waals surface area (Å²) in [5, 5.41) is 38.6. The number of phenols is 1. The lowest BCUT2D eigenvalue weighted by molar-refractivity contribution is -0.142. The minimum atomic E-state index is -1.36. The standard InChI is InChI=1S/C27H40N10O8/c1-14(38)22(28)25(43)33-12-21(40)35-19(9-15-4-6-17(39)7-5-15)24(42)36-18(3-2-8-32-27(29)30)23(41)37-20(26(44)45)10-16-11-31-13-34-16/h4-7,11,13-14,18-20,22,38-39H,2-3,8-10,12,28H2,1H3,(H,31,34)(H,33,43)(H,35,40)(H,36,42)(H,37,41)(H,44,45)(H4,29,30,32)/t14-,18+,19+,20-,22+/m1/s1. The molecule has 1 heterocycles. The van der Waals surface area contributed by atoms with E-state index in [0.29, 0.717) is 11.3 Å². The van der Waals surface area contributed by atoms with Crippen LogP contribution in [0.5, 0.6) is 5.75 Å². The Balaban J connectivity index is 2.24. The van der Waals surface area contributed by atoms with Crippen molar-refractivity contribution in [2.45, 2.75) is 62.9 Å². The number of aromatic nitrogens is 2. The summed E-state index contributed by atoms with van der Waals surface area (Å²) in [5.41, 5.74) is 17.3. The number of aliphatic hydroxyl groups is 1. The molecule has 0 spiro atoms. The number of rotatable bonds is 18. The van der Waals surface area contributed by atoms with Gasteiger partial charge in [-0.25, -0.2) is 9.78 Å². The number of aliphatic hydroxyl groups excluding tert-OH is 1. The third kappa shape index (κ3) is 12.9. The molecule has 246 valence electrons. The van der Waals surface area contributed by atoms with Crippen LogP contribution in [0.1, 0.15) is 31.0 Å². The molecule has 18 heteroatoms. The summed E-state index contributed by atoms with van der Waals surface area (Å²) in [6.07, 6.45) is 1.62. The monoisotopic (exact) mass is 632 g/mol. The number of aliphatic imine (C=N–C) groups is 1. The summed E-state index contributed by atoms with van der Waals surface area (Å²) in [4.78, 5) is 73.9. The maximum absolute atomic E-state index is 13.5. The molecule has 0 aliphatic heterocycles. The van der Waals surface area contributed by atoms with E-state index in [1.54, 1.807) is 0 Å². The maximum Gasteiger partial charge on any atom is 0.326 e. The number of imidazole rings is 1. The predicted octanol–water partition coefficient (Wildman–Crippen LogP) is -3.68. The van der Waals surface area contributed by atoms with Crippen molar-refractivity contribution in [2.24, 2.45) is 22.2 Å².